The summed E-state index contributed by atoms with van der Waals surface area (Å²) in [6.07, 6.45) is 0. The van der Waals surface area contributed by atoms with Crippen molar-refractivity contribution in [1.29, 1.82) is 0 Å². The van der Waals surface area contributed by atoms with Gasteiger partial charge in [0.2, 0.25) is 6.79 Å². The standard InChI is InChI=1S/C22H15ClN2O4S/c23-15-5-2-1-4-13(15)11-25-21(26)19(18-6-3-9-30-18)20(22(25)27)24-14-7-8-16-17(10-14)29-12-28-16/h1-10,24H,11-12H2. The van der Waals surface area contributed by atoms with Crippen molar-refractivity contribution in [2.75, 3.05) is 12.1 Å². The van der Waals surface area contributed by atoms with E-state index in [0.29, 0.717) is 33.3 Å². The fourth-order valence-corrected chi connectivity index (χ4v) is 4.36. The highest BCUT2D eigenvalue weighted by Crippen LogP contribution is 2.37. The zero-order chi connectivity index (χ0) is 20.7. The normalized spacial score (nSPS) is 15.3. The van der Waals surface area contributed by atoms with Gasteiger partial charge in [-0.05, 0) is 35.2 Å². The molecule has 0 bridgehead atoms. The number of hydrogen-bond donors (Lipinski definition) is 1. The summed E-state index contributed by atoms with van der Waals surface area (Å²) in [4.78, 5) is 28.4. The van der Waals surface area contributed by atoms with Gasteiger partial charge in [-0.15, -0.1) is 11.3 Å². The quantitative estimate of drug-likeness (QED) is 0.593. The van der Waals surface area contributed by atoms with Crippen LogP contribution in [0.1, 0.15) is 10.4 Å². The predicted molar refractivity (Wildman–Crippen MR) is 114 cm³/mol. The number of anilines is 1. The molecule has 2 amide bonds. The van der Waals surface area contributed by atoms with Gasteiger partial charge < -0.3 is 14.8 Å². The van der Waals surface area contributed by atoms with Crippen LogP contribution >= 0.6 is 22.9 Å². The van der Waals surface area contributed by atoms with Gasteiger partial charge in [-0.1, -0.05) is 35.9 Å². The second-order valence-electron chi connectivity index (χ2n) is 6.71. The zero-order valence-corrected chi connectivity index (χ0v) is 17.1. The van der Waals surface area contributed by atoms with Crippen molar-refractivity contribution in [1.82, 2.24) is 4.90 Å². The van der Waals surface area contributed by atoms with Gasteiger partial charge in [0.1, 0.15) is 5.70 Å². The Hall–Kier alpha value is -3.29. The molecule has 3 heterocycles. The first-order chi connectivity index (χ1) is 14.6. The molecule has 0 radical (unpaired) electrons. The lowest BCUT2D eigenvalue weighted by Crippen LogP contribution is -2.32. The van der Waals surface area contributed by atoms with E-state index in [0.717, 1.165) is 4.88 Å². The van der Waals surface area contributed by atoms with E-state index in [1.165, 1.54) is 16.2 Å². The molecular weight excluding hydrogens is 424 g/mol. The van der Waals surface area contributed by atoms with Crippen molar-refractivity contribution < 1.29 is 19.1 Å². The smallest absolute Gasteiger partial charge is 0.278 e. The van der Waals surface area contributed by atoms with Gasteiger partial charge in [0.05, 0.1) is 12.1 Å². The fourth-order valence-electron chi connectivity index (χ4n) is 3.40. The maximum atomic E-state index is 13.3. The molecule has 0 atom stereocenters. The second-order valence-corrected chi connectivity index (χ2v) is 8.06. The molecule has 2 aromatic carbocycles. The Labute approximate surface area is 181 Å². The van der Waals surface area contributed by atoms with Crippen LogP contribution in [0.4, 0.5) is 5.69 Å². The molecule has 0 aliphatic carbocycles. The van der Waals surface area contributed by atoms with E-state index in [9.17, 15) is 9.59 Å². The average molecular weight is 439 g/mol. The Bertz CT molecular complexity index is 1190. The summed E-state index contributed by atoms with van der Waals surface area (Å²) in [5.74, 6) is 0.469. The molecule has 0 saturated carbocycles. The molecule has 0 fully saturated rings. The van der Waals surface area contributed by atoms with Crippen LogP contribution in [0.2, 0.25) is 5.02 Å². The first kappa shape index (κ1) is 18.7. The van der Waals surface area contributed by atoms with E-state index in [4.69, 9.17) is 21.1 Å². The molecular formula is C22H15ClN2O4S. The molecule has 150 valence electrons. The number of fused-ring (bicyclic) bond motifs is 1. The third-order valence-corrected chi connectivity index (χ3v) is 6.12. The minimum Gasteiger partial charge on any atom is -0.454 e. The van der Waals surface area contributed by atoms with Crippen molar-refractivity contribution in [2.45, 2.75) is 6.54 Å². The summed E-state index contributed by atoms with van der Waals surface area (Å²) >= 11 is 7.66. The highest BCUT2D eigenvalue weighted by molar-refractivity contribution is 7.11. The van der Waals surface area contributed by atoms with Gasteiger partial charge in [0.25, 0.3) is 11.8 Å². The first-order valence-electron chi connectivity index (χ1n) is 9.16. The van der Waals surface area contributed by atoms with E-state index < -0.39 is 5.91 Å². The summed E-state index contributed by atoms with van der Waals surface area (Å²) in [5.41, 5.74) is 1.91. The highest BCUT2D eigenvalue weighted by atomic mass is 35.5. The molecule has 0 saturated heterocycles. The number of carbonyl (C=O) groups is 2. The Morgan fingerprint density at radius 2 is 1.83 bits per heavy atom. The average Bonchev–Trinajstić information content (AvgIpc) is 3.47. The number of nitrogens with one attached hydrogen (secondary N) is 1. The first-order valence-corrected chi connectivity index (χ1v) is 10.4. The van der Waals surface area contributed by atoms with Crippen LogP contribution in [-0.4, -0.2) is 23.5 Å². The van der Waals surface area contributed by atoms with Crippen LogP contribution in [0.15, 0.2) is 65.7 Å². The van der Waals surface area contributed by atoms with Crippen molar-refractivity contribution in [3.63, 3.8) is 0 Å². The Morgan fingerprint density at radius 3 is 2.63 bits per heavy atom. The van der Waals surface area contributed by atoms with E-state index in [-0.39, 0.29) is 24.9 Å². The van der Waals surface area contributed by atoms with Gasteiger partial charge in [-0.25, -0.2) is 0 Å². The largest absolute Gasteiger partial charge is 0.454 e. The number of amides is 2. The number of imide groups is 1. The number of rotatable bonds is 5. The molecule has 2 aliphatic heterocycles. The summed E-state index contributed by atoms with van der Waals surface area (Å²) in [5, 5.41) is 5.50. The predicted octanol–water partition coefficient (Wildman–Crippen LogP) is 4.52. The molecule has 5 rings (SSSR count). The maximum absolute atomic E-state index is 13.3. The summed E-state index contributed by atoms with van der Waals surface area (Å²) in [6, 6.07) is 16.1. The molecule has 0 spiro atoms. The molecule has 30 heavy (non-hydrogen) atoms. The number of carbonyl (C=O) groups excluding carboxylic acids is 2. The minimum atomic E-state index is -0.402. The molecule has 6 nitrogen and oxygen atoms in total. The number of ether oxygens (including phenoxy) is 2. The molecule has 0 unspecified atom stereocenters. The second kappa shape index (κ2) is 7.51. The van der Waals surface area contributed by atoms with Crippen molar-refractivity contribution in [3.05, 3.63) is 81.1 Å². The summed E-state index contributed by atoms with van der Waals surface area (Å²) in [6.45, 7) is 0.253. The zero-order valence-electron chi connectivity index (χ0n) is 15.6. The number of hydrogen-bond acceptors (Lipinski definition) is 6. The monoisotopic (exact) mass is 438 g/mol. The lowest BCUT2D eigenvalue weighted by atomic mass is 10.1. The third kappa shape index (κ3) is 3.22. The third-order valence-electron chi connectivity index (χ3n) is 4.86. The number of benzene rings is 2. The van der Waals surface area contributed by atoms with E-state index in [2.05, 4.69) is 5.32 Å². The maximum Gasteiger partial charge on any atom is 0.278 e. The van der Waals surface area contributed by atoms with E-state index in [1.54, 1.807) is 36.4 Å². The molecule has 1 aromatic heterocycles. The van der Waals surface area contributed by atoms with Crippen LogP contribution in [0.25, 0.3) is 5.57 Å². The Balaban J connectivity index is 1.51. The molecule has 3 aromatic rings. The number of halogens is 1. The number of nitrogens with zero attached hydrogens (tertiary/aromatic N) is 1. The van der Waals surface area contributed by atoms with Crippen LogP contribution in [0.5, 0.6) is 11.5 Å². The van der Waals surface area contributed by atoms with Crippen molar-refractivity contribution in [3.8, 4) is 11.5 Å². The van der Waals surface area contributed by atoms with Crippen LogP contribution in [-0.2, 0) is 16.1 Å². The SMILES string of the molecule is O=C1C(Nc2ccc3c(c2)OCO3)=C(c2cccs2)C(=O)N1Cc1ccccc1Cl. The van der Waals surface area contributed by atoms with Gasteiger partial charge >= 0.3 is 0 Å². The van der Waals surface area contributed by atoms with Crippen molar-refractivity contribution in [2.24, 2.45) is 0 Å². The Kier molecular flexibility index (Phi) is 4.69. The van der Waals surface area contributed by atoms with E-state index >= 15 is 0 Å². The topological polar surface area (TPSA) is 67.9 Å². The summed E-state index contributed by atoms with van der Waals surface area (Å²) < 4.78 is 10.7. The molecule has 2 aliphatic rings. The highest BCUT2D eigenvalue weighted by Gasteiger charge is 2.40. The lowest BCUT2D eigenvalue weighted by molar-refractivity contribution is -0.137. The fraction of sp³-hybridized carbons (Fsp3) is 0.0909. The van der Waals surface area contributed by atoms with Gasteiger partial charge in [0, 0.05) is 21.7 Å². The Morgan fingerprint density at radius 1 is 1.00 bits per heavy atom. The van der Waals surface area contributed by atoms with Crippen LogP contribution in [0, 0.1) is 0 Å². The molecule has 1 N–H and O–H groups in total. The lowest BCUT2D eigenvalue weighted by Gasteiger charge is -2.16. The van der Waals surface area contributed by atoms with Crippen molar-refractivity contribution >= 4 is 46.0 Å². The van der Waals surface area contributed by atoms with Gasteiger partial charge in [0.15, 0.2) is 11.5 Å². The van der Waals surface area contributed by atoms with Gasteiger partial charge in [-0.2, -0.15) is 0 Å². The van der Waals surface area contributed by atoms with Crippen LogP contribution < -0.4 is 14.8 Å². The van der Waals surface area contributed by atoms with Crippen LogP contribution in [0.3, 0.4) is 0 Å². The summed E-state index contributed by atoms with van der Waals surface area (Å²) in [7, 11) is 0. The van der Waals surface area contributed by atoms with E-state index in [1.807, 2.05) is 23.6 Å². The number of thiophene rings is 1. The van der Waals surface area contributed by atoms with Gasteiger partial charge in [-0.3, -0.25) is 14.5 Å². The minimum absolute atomic E-state index is 0.0958. The molecule has 8 heteroatoms.